The van der Waals surface area contributed by atoms with Crippen molar-refractivity contribution in [3.8, 4) is 0 Å². The van der Waals surface area contributed by atoms with Crippen LogP contribution in [0.15, 0.2) is 24.4 Å². The molecule has 0 bridgehead atoms. The Morgan fingerprint density at radius 1 is 1.41 bits per heavy atom. The first kappa shape index (κ1) is 10.8. The van der Waals surface area contributed by atoms with Crippen molar-refractivity contribution in [3.05, 3.63) is 35.5 Å². The molecule has 1 N–H and O–H groups in total. The SMILES string of the molecule is Cc1cc(CC2CCCN2)cc2ccn(C)c12. The largest absolute Gasteiger partial charge is 0.350 e. The molecule has 3 rings (SSSR count). The first-order valence-electron chi connectivity index (χ1n) is 6.52. The highest BCUT2D eigenvalue weighted by Gasteiger charge is 2.15. The van der Waals surface area contributed by atoms with Gasteiger partial charge in [-0.2, -0.15) is 0 Å². The van der Waals surface area contributed by atoms with Crippen molar-refractivity contribution in [1.29, 1.82) is 0 Å². The van der Waals surface area contributed by atoms with Gasteiger partial charge in [0.2, 0.25) is 0 Å². The summed E-state index contributed by atoms with van der Waals surface area (Å²) >= 11 is 0. The van der Waals surface area contributed by atoms with Crippen molar-refractivity contribution in [1.82, 2.24) is 9.88 Å². The molecule has 1 aromatic heterocycles. The Morgan fingerprint density at radius 3 is 3.06 bits per heavy atom. The zero-order valence-corrected chi connectivity index (χ0v) is 10.7. The van der Waals surface area contributed by atoms with Crippen LogP contribution in [0, 0.1) is 6.92 Å². The number of benzene rings is 1. The molecule has 2 nitrogen and oxygen atoms in total. The lowest BCUT2D eigenvalue weighted by Gasteiger charge is -2.11. The molecule has 2 aromatic rings. The van der Waals surface area contributed by atoms with Crippen LogP contribution in [0.5, 0.6) is 0 Å². The molecule has 90 valence electrons. The maximum atomic E-state index is 3.57. The highest BCUT2D eigenvalue weighted by atomic mass is 14.9. The van der Waals surface area contributed by atoms with Crippen molar-refractivity contribution in [3.63, 3.8) is 0 Å². The van der Waals surface area contributed by atoms with Gasteiger partial charge < -0.3 is 9.88 Å². The molecule has 0 saturated carbocycles. The zero-order chi connectivity index (χ0) is 11.8. The molecule has 1 aliphatic rings. The van der Waals surface area contributed by atoms with E-state index in [1.165, 1.54) is 47.8 Å². The Balaban J connectivity index is 1.94. The monoisotopic (exact) mass is 228 g/mol. The maximum Gasteiger partial charge on any atom is 0.0507 e. The van der Waals surface area contributed by atoms with Gasteiger partial charge in [0.25, 0.3) is 0 Å². The lowest BCUT2D eigenvalue weighted by atomic mass is 10.0. The van der Waals surface area contributed by atoms with Gasteiger partial charge in [-0.15, -0.1) is 0 Å². The van der Waals surface area contributed by atoms with E-state index in [4.69, 9.17) is 0 Å². The van der Waals surface area contributed by atoms with Gasteiger partial charge in [0, 0.05) is 24.7 Å². The summed E-state index contributed by atoms with van der Waals surface area (Å²) in [6, 6.07) is 7.61. The van der Waals surface area contributed by atoms with Crippen LogP contribution in [0.2, 0.25) is 0 Å². The van der Waals surface area contributed by atoms with Crippen molar-refractivity contribution in [2.75, 3.05) is 6.54 Å². The van der Waals surface area contributed by atoms with Crippen LogP contribution in [0.3, 0.4) is 0 Å². The average Bonchev–Trinajstić information content (AvgIpc) is 2.89. The molecule has 1 aromatic carbocycles. The van der Waals surface area contributed by atoms with Crippen LogP contribution in [-0.4, -0.2) is 17.2 Å². The van der Waals surface area contributed by atoms with Crippen molar-refractivity contribution in [2.45, 2.75) is 32.2 Å². The number of nitrogens with one attached hydrogen (secondary N) is 1. The van der Waals surface area contributed by atoms with E-state index in [1.807, 2.05) is 0 Å². The summed E-state index contributed by atoms with van der Waals surface area (Å²) in [5, 5.41) is 4.95. The van der Waals surface area contributed by atoms with Crippen LogP contribution in [0.25, 0.3) is 10.9 Å². The molecule has 1 saturated heterocycles. The second-order valence-corrected chi connectivity index (χ2v) is 5.27. The lowest BCUT2D eigenvalue weighted by Crippen LogP contribution is -2.23. The Hall–Kier alpha value is -1.28. The quantitative estimate of drug-likeness (QED) is 0.836. The highest BCUT2D eigenvalue weighted by Crippen LogP contribution is 2.23. The van der Waals surface area contributed by atoms with Crippen LogP contribution < -0.4 is 5.32 Å². The van der Waals surface area contributed by atoms with Gasteiger partial charge in [0.1, 0.15) is 0 Å². The molecule has 0 spiro atoms. The fourth-order valence-electron chi connectivity index (χ4n) is 3.09. The summed E-state index contributed by atoms with van der Waals surface area (Å²) < 4.78 is 2.21. The Kier molecular flexibility index (Phi) is 2.67. The third kappa shape index (κ3) is 1.98. The fourth-order valence-corrected chi connectivity index (χ4v) is 3.09. The molecule has 1 atom stereocenters. The Morgan fingerprint density at radius 2 is 2.29 bits per heavy atom. The number of rotatable bonds is 2. The molecule has 1 aliphatic heterocycles. The van der Waals surface area contributed by atoms with Gasteiger partial charge in [-0.3, -0.25) is 0 Å². The van der Waals surface area contributed by atoms with E-state index in [2.05, 4.69) is 48.3 Å². The number of fused-ring (bicyclic) bond motifs is 1. The van der Waals surface area contributed by atoms with Crippen molar-refractivity contribution < 1.29 is 0 Å². The summed E-state index contributed by atoms with van der Waals surface area (Å²) in [4.78, 5) is 0. The highest BCUT2D eigenvalue weighted by molar-refractivity contribution is 5.84. The minimum Gasteiger partial charge on any atom is -0.350 e. The molecule has 1 fully saturated rings. The summed E-state index contributed by atoms with van der Waals surface area (Å²) in [6.07, 6.45) is 5.98. The van der Waals surface area contributed by atoms with Gasteiger partial charge >= 0.3 is 0 Å². The number of hydrogen-bond acceptors (Lipinski definition) is 1. The minimum atomic E-state index is 0.690. The first-order valence-corrected chi connectivity index (χ1v) is 6.52. The molecular formula is C15H20N2. The minimum absolute atomic E-state index is 0.690. The Labute approximate surface area is 103 Å². The number of aromatic nitrogens is 1. The zero-order valence-electron chi connectivity index (χ0n) is 10.7. The lowest BCUT2D eigenvalue weighted by molar-refractivity contribution is 0.603. The fraction of sp³-hybridized carbons (Fsp3) is 0.467. The first-order chi connectivity index (χ1) is 8.24. The second kappa shape index (κ2) is 4.19. The summed E-state index contributed by atoms with van der Waals surface area (Å²) in [7, 11) is 2.12. The van der Waals surface area contributed by atoms with Crippen LogP contribution in [0.4, 0.5) is 0 Å². The second-order valence-electron chi connectivity index (χ2n) is 5.27. The number of hydrogen-bond donors (Lipinski definition) is 1. The summed E-state index contributed by atoms with van der Waals surface area (Å²) in [5.74, 6) is 0. The van der Waals surface area contributed by atoms with Crippen LogP contribution in [0.1, 0.15) is 24.0 Å². The van der Waals surface area contributed by atoms with E-state index in [1.54, 1.807) is 0 Å². The smallest absolute Gasteiger partial charge is 0.0507 e. The van der Waals surface area contributed by atoms with Gasteiger partial charge in [-0.1, -0.05) is 6.07 Å². The van der Waals surface area contributed by atoms with Gasteiger partial charge in [-0.05, 0) is 56.0 Å². The van der Waals surface area contributed by atoms with E-state index < -0.39 is 0 Å². The number of aryl methyl sites for hydroxylation is 2. The normalized spacial score (nSPS) is 20.2. The summed E-state index contributed by atoms with van der Waals surface area (Å²) in [6.45, 7) is 3.41. The Bertz CT molecular complexity index is 533. The van der Waals surface area contributed by atoms with Crippen LogP contribution >= 0.6 is 0 Å². The van der Waals surface area contributed by atoms with Crippen molar-refractivity contribution in [2.24, 2.45) is 7.05 Å². The predicted octanol–water partition coefficient (Wildman–Crippen LogP) is 2.78. The van der Waals surface area contributed by atoms with E-state index in [0.717, 1.165) is 0 Å². The molecule has 1 unspecified atom stereocenters. The molecule has 2 heterocycles. The molecule has 0 amide bonds. The van der Waals surface area contributed by atoms with Gasteiger partial charge in [0.15, 0.2) is 0 Å². The summed E-state index contributed by atoms with van der Waals surface area (Å²) in [5.41, 5.74) is 4.23. The number of nitrogens with zero attached hydrogens (tertiary/aromatic N) is 1. The predicted molar refractivity (Wildman–Crippen MR) is 72.4 cm³/mol. The molecular weight excluding hydrogens is 208 g/mol. The third-order valence-corrected chi connectivity index (χ3v) is 3.86. The van der Waals surface area contributed by atoms with E-state index >= 15 is 0 Å². The maximum absolute atomic E-state index is 3.57. The molecule has 17 heavy (non-hydrogen) atoms. The van der Waals surface area contributed by atoms with Gasteiger partial charge in [0.05, 0.1) is 5.52 Å². The third-order valence-electron chi connectivity index (χ3n) is 3.86. The van der Waals surface area contributed by atoms with E-state index in [9.17, 15) is 0 Å². The standard InChI is InChI=1S/C15H20N2/c1-11-8-12(10-14-4-3-6-16-14)9-13-5-7-17(2)15(11)13/h5,7-9,14,16H,3-4,6,10H2,1-2H3. The molecule has 2 heteroatoms. The van der Waals surface area contributed by atoms with Crippen LogP contribution in [-0.2, 0) is 13.5 Å². The molecule has 0 radical (unpaired) electrons. The topological polar surface area (TPSA) is 17.0 Å². The van der Waals surface area contributed by atoms with E-state index in [-0.39, 0.29) is 0 Å². The van der Waals surface area contributed by atoms with E-state index in [0.29, 0.717) is 6.04 Å². The average molecular weight is 228 g/mol. The molecule has 0 aliphatic carbocycles. The van der Waals surface area contributed by atoms with Crippen molar-refractivity contribution >= 4 is 10.9 Å². The van der Waals surface area contributed by atoms with Gasteiger partial charge in [-0.25, -0.2) is 0 Å².